The molecule has 0 fully saturated rings. The first-order valence-corrected chi connectivity index (χ1v) is 10.0. The van der Waals surface area contributed by atoms with Crippen LogP contribution in [0, 0.1) is 0 Å². The third-order valence-electron chi connectivity index (χ3n) is 5.20. The normalized spacial score (nSPS) is 18.6. The van der Waals surface area contributed by atoms with Gasteiger partial charge in [-0.1, -0.05) is 69.1 Å². The van der Waals surface area contributed by atoms with Gasteiger partial charge in [0.15, 0.2) is 0 Å². The molecule has 0 N–H and O–H groups in total. The summed E-state index contributed by atoms with van der Waals surface area (Å²) < 4.78 is 9.02. The number of ether oxygens (including phenoxy) is 1. The smallest absolute Gasteiger partial charge is 0.220 e. The number of hydrogen-bond acceptors (Lipinski definition) is 4. The van der Waals surface area contributed by atoms with Crippen molar-refractivity contribution in [3.05, 3.63) is 58.7 Å². The standard InChI is InChI=1S/C21H20N2OS2/c1-6-8-13-12(2)19-22-11-16-21(3,4)18(24-20(25)26-5)15-10-7-9-14(13)17(15)23(16)19/h6-11,18H,1-2H2,3-5H3/b13-8+. The highest BCUT2D eigenvalue weighted by Gasteiger charge is 2.42. The Morgan fingerprint density at radius 2 is 2.19 bits per heavy atom. The zero-order valence-corrected chi connectivity index (χ0v) is 16.7. The summed E-state index contributed by atoms with van der Waals surface area (Å²) in [6.45, 7) is 12.5. The third-order valence-corrected chi connectivity index (χ3v) is 6.23. The van der Waals surface area contributed by atoms with Gasteiger partial charge in [0.1, 0.15) is 11.8 Å². The summed E-state index contributed by atoms with van der Waals surface area (Å²) in [5.41, 5.74) is 3.95. The zero-order valence-electron chi connectivity index (χ0n) is 15.1. The predicted molar refractivity (Wildman–Crippen MR) is 115 cm³/mol. The van der Waals surface area contributed by atoms with Crippen LogP contribution in [-0.4, -0.2) is 20.0 Å². The van der Waals surface area contributed by atoms with E-state index in [1.165, 1.54) is 11.8 Å². The van der Waals surface area contributed by atoms with Gasteiger partial charge in [0.05, 0.1) is 11.2 Å². The maximum atomic E-state index is 6.24. The molecule has 0 bridgehead atoms. The molecule has 0 aliphatic carbocycles. The van der Waals surface area contributed by atoms with Gasteiger partial charge < -0.3 is 4.74 Å². The van der Waals surface area contributed by atoms with Crippen molar-refractivity contribution >= 4 is 57.6 Å². The average Bonchev–Trinajstić information content (AvgIpc) is 3.08. The van der Waals surface area contributed by atoms with Gasteiger partial charge >= 0.3 is 0 Å². The summed E-state index contributed by atoms with van der Waals surface area (Å²) in [6.07, 6.45) is 7.50. The first-order valence-electron chi connectivity index (χ1n) is 8.40. The number of aromatic nitrogens is 2. The summed E-state index contributed by atoms with van der Waals surface area (Å²) in [5, 5.41) is 3.08. The summed E-state index contributed by atoms with van der Waals surface area (Å²) in [5.74, 6) is 0. The minimum atomic E-state index is -0.281. The van der Waals surface area contributed by atoms with Crippen molar-refractivity contribution in [3.8, 4) is 0 Å². The molecule has 3 aromatic rings. The molecule has 1 unspecified atom stereocenters. The van der Waals surface area contributed by atoms with Crippen molar-refractivity contribution in [1.82, 2.24) is 9.38 Å². The Balaban J connectivity index is 2.23. The first-order chi connectivity index (χ1) is 12.4. The average molecular weight is 381 g/mol. The minimum Gasteiger partial charge on any atom is -0.469 e. The van der Waals surface area contributed by atoms with Crippen LogP contribution in [-0.2, 0) is 10.2 Å². The lowest BCUT2D eigenvalue weighted by molar-refractivity contribution is 0.118. The number of allylic oxidation sites excluding steroid dienone is 1. The molecule has 0 saturated heterocycles. The topological polar surface area (TPSA) is 26.5 Å². The Morgan fingerprint density at radius 1 is 1.42 bits per heavy atom. The molecule has 1 aliphatic rings. The van der Waals surface area contributed by atoms with Crippen molar-refractivity contribution in [3.63, 3.8) is 0 Å². The van der Waals surface area contributed by atoms with Crippen LogP contribution < -0.4 is 10.4 Å². The van der Waals surface area contributed by atoms with Gasteiger partial charge in [-0.2, -0.15) is 0 Å². The fourth-order valence-corrected chi connectivity index (χ4v) is 4.24. The van der Waals surface area contributed by atoms with E-state index < -0.39 is 0 Å². The maximum absolute atomic E-state index is 6.24. The number of imidazole rings is 1. The molecule has 1 aromatic carbocycles. The fraction of sp³-hybridized carbons (Fsp3) is 0.238. The minimum absolute atomic E-state index is 0.175. The van der Waals surface area contributed by atoms with E-state index in [1.807, 2.05) is 18.5 Å². The molecule has 0 spiro atoms. The summed E-state index contributed by atoms with van der Waals surface area (Å²) >= 11 is 6.84. The Morgan fingerprint density at radius 3 is 2.88 bits per heavy atom. The van der Waals surface area contributed by atoms with Gasteiger partial charge in [-0.15, -0.1) is 0 Å². The van der Waals surface area contributed by atoms with Crippen molar-refractivity contribution in [2.45, 2.75) is 25.4 Å². The van der Waals surface area contributed by atoms with Crippen LogP contribution in [0.4, 0.5) is 0 Å². The highest BCUT2D eigenvalue weighted by Crippen LogP contribution is 2.46. The number of benzene rings is 1. The van der Waals surface area contributed by atoms with Crippen LogP contribution in [0.3, 0.4) is 0 Å². The molecule has 4 rings (SSSR count). The molecule has 1 atom stereocenters. The molecule has 0 radical (unpaired) electrons. The van der Waals surface area contributed by atoms with Crippen LogP contribution in [0.15, 0.2) is 37.1 Å². The fourth-order valence-electron chi connectivity index (χ4n) is 3.95. The molecule has 0 saturated carbocycles. The SMILES string of the molecule is C=C/C=c1\c(=C)c2ncc3n2c2c(cccc12)C(OC(=S)SC)C3(C)C. The van der Waals surface area contributed by atoms with Gasteiger partial charge in [0, 0.05) is 27.8 Å². The maximum Gasteiger partial charge on any atom is 0.220 e. The number of thiocarbonyl (C=S) groups is 1. The van der Waals surface area contributed by atoms with E-state index in [2.05, 4.69) is 49.6 Å². The van der Waals surface area contributed by atoms with E-state index in [0.29, 0.717) is 4.38 Å². The quantitative estimate of drug-likeness (QED) is 0.631. The lowest BCUT2D eigenvalue weighted by Crippen LogP contribution is -2.37. The molecule has 5 heteroatoms. The monoisotopic (exact) mass is 380 g/mol. The first kappa shape index (κ1) is 17.3. The molecular formula is C21H20N2OS2. The molecular weight excluding hydrogens is 360 g/mol. The molecule has 132 valence electrons. The van der Waals surface area contributed by atoms with Gasteiger partial charge in [-0.3, -0.25) is 4.40 Å². The Bertz CT molecular complexity index is 1190. The van der Waals surface area contributed by atoms with E-state index >= 15 is 0 Å². The molecule has 3 heterocycles. The summed E-state index contributed by atoms with van der Waals surface area (Å²) in [4.78, 5) is 4.70. The van der Waals surface area contributed by atoms with Crippen molar-refractivity contribution < 1.29 is 4.74 Å². The summed E-state index contributed by atoms with van der Waals surface area (Å²) in [6, 6.07) is 6.31. The molecule has 0 amide bonds. The van der Waals surface area contributed by atoms with Crippen LogP contribution >= 0.6 is 24.0 Å². The highest BCUT2D eigenvalue weighted by molar-refractivity contribution is 8.22. The Hall–Kier alpha value is -2.11. The largest absolute Gasteiger partial charge is 0.469 e. The van der Waals surface area contributed by atoms with E-state index in [-0.39, 0.29) is 11.5 Å². The Kier molecular flexibility index (Phi) is 3.97. The molecule has 2 aromatic heterocycles. The van der Waals surface area contributed by atoms with Gasteiger partial charge in [-0.05, 0) is 23.7 Å². The highest BCUT2D eigenvalue weighted by atomic mass is 32.2. The number of rotatable bonds is 2. The molecule has 1 aliphatic heterocycles. The number of pyridine rings is 1. The number of hydrogen-bond donors (Lipinski definition) is 0. The molecule has 26 heavy (non-hydrogen) atoms. The van der Waals surface area contributed by atoms with E-state index in [0.717, 1.165) is 38.2 Å². The lowest BCUT2D eigenvalue weighted by Gasteiger charge is -2.38. The van der Waals surface area contributed by atoms with Crippen LogP contribution in [0.1, 0.15) is 31.2 Å². The van der Waals surface area contributed by atoms with E-state index in [9.17, 15) is 0 Å². The van der Waals surface area contributed by atoms with Gasteiger partial charge in [0.2, 0.25) is 4.38 Å². The lowest BCUT2D eigenvalue weighted by atomic mass is 9.77. The second kappa shape index (κ2) is 5.96. The van der Waals surface area contributed by atoms with Crippen molar-refractivity contribution in [1.29, 1.82) is 0 Å². The van der Waals surface area contributed by atoms with Crippen molar-refractivity contribution in [2.24, 2.45) is 0 Å². The number of thioether (sulfide) groups is 1. The number of nitrogens with zero attached hydrogens (tertiary/aromatic N) is 2. The van der Waals surface area contributed by atoms with Crippen LogP contribution in [0.2, 0.25) is 0 Å². The van der Waals surface area contributed by atoms with Gasteiger partial charge in [0.25, 0.3) is 0 Å². The molecule has 3 nitrogen and oxygen atoms in total. The van der Waals surface area contributed by atoms with Crippen LogP contribution in [0.5, 0.6) is 0 Å². The van der Waals surface area contributed by atoms with E-state index in [4.69, 9.17) is 21.9 Å². The van der Waals surface area contributed by atoms with E-state index in [1.54, 1.807) is 6.08 Å². The number of para-hydroxylation sites is 1. The van der Waals surface area contributed by atoms with Gasteiger partial charge in [-0.25, -0.2) is 4.98 Å². The third kappa shape index (κ3) is 2.20. The summed E-state index contributed by atoms with van der Waals surface area (Å²) in [7, 11) is 0. The second-order valence-electron chi connectivity index (χ2n) is 7.01. The Labute approximate surface area is 162 Å². The second-order valence-corrected chi connectivity index (χ2v) is 8.42. The zero-order chi connectivity index (χ0) is 18.6. The van der Waals surface area contributed by atoms with Crippen LogP contribution in [0.25, 0.3) is 29.2 Å². The predicted octanol–water partition coefficient (Wildman–Crippen LogP) is 3.86. The van der Waals surface area contributed by atoms with Crippen molar-refractivity contribution in [2.75, 3.05) is 6.26 Å².